The van der Waals surface area contributed by atoms with Crippen molar-refractivity contribution in [3.8, 4) is 0 Å². The van der Waals surface area contributed by atoms with E-state index in [1.54, 1.807) is 31.2 Å². The summed E-state index contributed by atoms with van der Waals surface area (Å²) in [7, 11) is 0. The van der Waals surface area contributed by atoms with E-state index in [4.69, 9.17) is 0 Å². The third-order valence-corrected chi connectivity index (χ3v) is 2.24. The summed E-state index contributed by atoms with van der Waals surface area (Å²) in [5.41, 5.74) is 1.16. The van der Waals surface area contributed by atoms with E-state index in [1.807, 2.05) is 13.8 Å². The molecule has 0 amide bonds. The van der Waals surface area contributed by atoms with Crippen LogP contribution < -0.4 is 0 Å². The maximum Gasteiger partial charge on any atom is 0.174 e. The van der Waals surface area contributed by atoms with Crippen LogP contribution in [0, 0.1) is 5.92 Å². The quantitative estimate of drug-likeness (QED) is 0.589. The first-order chi connectivity index (χ1) is 6.72. The fraction of sp³-hybridized carbons (Fsp3) is 0.333. The Hall–Kier alpha value is -1.44. The summed E-state index contributed by atoms with van der Waals surface area (Å²) in [6.07, 6.45) is 0. The van der Waals surface area contributed by atoms with Crippen molar-refractivity contribution in [2.45, 2.75) is 20.8 Å². The molecule has 2 heteroatoms. The topological polar surface area (TPSA) is 34.1 Å². The summed E-state index contributed by atoms with van der Waals surface area (Å²) >= 11 is 0. The van der Waals surface area contributed by atoms with Crippen molar-refractivity contribution in [3.63, 3.8) is 0 Å². The van der Waals surface area contributed by atoms with Gasteiger partial charge in [0.2, 0.25) is 0 Å². The van der Waals surface area contributed by atoms with Crippen molar-refractivity contribution in [2.24, 2.45) is 5.92 Å². The van der Waals surface area contributed by atoms with E-state index in [2.05, 4.69) is 0 Å². The molecule has 0 saturated heterocycles. The van der Waals surface area contributed by atoms with E-state index in [1.165, 1.54) is 0 Å². The predicted molar refractivity (Wildman–Crippen MR) is 55.6 cm³/mol. The minimum atomic E-state index is -0.470. The molecule has 1 aliphatic rings. The van der Waals surface area contributed by atoms with Gasteiger partial charge >= 0.3 is 0 Å². The third kappa shape index (κ3) is 1.48. The average Bonchev–Trinajstić information content (AvgIpc) is 2.48. The number of hydrogen-bond donors (Lipinski definition) is 0. The van der Waals surface area contributed by atoms with Crippen molar-refractivity contribution in [2.75, 3.05) is 0 Å². The second-order valence-electron chi connectivity index (χ2n) is 3.00. The highest BCUT2D eigenvalue weighted by Gasteiger charge is 2.34. The van der Waals surface area contributed by atoms with E-state index in [0.717, 1.165) is 0 Å². The summed E-state index contributed by atoms with van der Waals surface area (Å²) in [5, 5.41) is 0. The Kier molecular flexibility index (Phi) is 3.18. The van der Waals surface area contributed by atoms with Crippen LogP contribution in [-0.2, 0) is 0 Å². The van der Waals surface area contributed by atoms with Gasteiger partial charge in [-0.25, -0.2) is 0 Å². The van der Waals surface area contributed by atoms with Crippen LogP contribution in [-0.4, -0.2) is 11.6 Å². The van der Waals surface area contributed by atoms with Gasteiger partial charge in [0.25, 0.3) is 0 Å². The lowest BCUT2D eigenvalue weighted by Gasteiger charge is -1.92. The zero-order chi connectivity index (χ0) is 10.7. The number of fused-ring (bicyclic) bond motifs is 1. The highest BCUT2D eigenvalue weighted by molar-refractivity contribution is 6.26. The van der Waals surface area contributed by atoms with Crippen LogP contribution in [0.3, 0.4) is 0 Å². The van der Waals surface area contributed by atoms with Gasteiger partial charge in [0.15, 0.2) is 11.6 Å². The summed E-state index contributed by atoms with van der Waals surface area (Å²) in [6.45, 7) is 5.66. The number of hydrogen-bond acceptors (Lipinski definition) is 2. The molecular weight excluding hydrogens is 176 g/mol. The second-order valence-corrected chi connectivity index (χ2v) is 3.00. The fourth-order valence-electron chi connectivity index (χ4n) is 1.50. The van der Waals surface area contributed by atoms with Gasteiger partial charge in [-0.15, -0.1) is 0 Å². The normalized spacial score (nSPS) is 14.8. The van der Waals surface area contributed by atoms with E-state index in [0.29, 0.717) is 11.1 Å². The Bertz CT molecular complexity index is 331. The van der Waals surface area contributed by atoms with E-state index in [9.17, 15) is 9.59 Å². The van der Waals surface area contributed by atoms with Crippen LogP contribution in [0.1, 0.15) is 41.5 Å². The Morgan fingerprint density at radius 3 is 1.64 bits per heavy atom. The van der Waals surface area contributed by atoms with Crippen LogP contribution >= 0.6 is 0 Å². The van der Waals surface area contributed by atoms with Crippen LogP contribution in [0.25, 0.3) is 0 Å². The number of carbonyl (C=O) groups is 2. The Balaban J connectivity index is 0.000000461. The molecule has 2 nitrogen and oxygen atoms in total. The Morgan fingerprint density at radius 2 is 1.29 bits per heavy atom. The Labute approximate surface area is 83.9 Å². The van der Waals surface area contributed by atoms with Gasteiger partial charge in [-0.05, 0) is 6.92 Å². The van der Waals surface area contributed by atoms with Crippen molar-refractivity contribution in [3.05, 3.63) is 35.4 Å². The molecule has 0 aliphatic heterocycles. The molecule has 0 fully saturated rings. The van der Waals surface area contributed by atoms with Gasteiger partial charge in [0.1, 0.15) is 0 Å². The molecule has 0 heterocycles. The molecule has 0 unspecified atom stereocenters. The van der Waals surface area contributed by atoms with E-state index >= 15 is 0 Å². The summed E-state index contributed by atoms with van der Waals surface area (Å²) in [6, 6.07) is 6.97. The molecule has 74 valence electrons. The average molecular weight is 190 g/mol. The van der Waals surface area contributed by atoms with Gasteiger partial charge in [0, 0.05) is 11.1 Å². The summed E-state index contributed by atoms with van der Waals surface area (Å²) in [5.74, 6) is -0.561. The molecule has 1 aromatic rings. The molecule has 2 rings (SSSR count). The van der Waals surface area contributed by atoms with Gasteiger partial charge in [-0.1, -0.05) is 38.1 Å². The fourth-order valence-corrected chi connectivity index (χ4v) is 1.50. The molecule has 0 saturated carbocycles. The first kappa shape index (κ1) is 10.6. The van der Waals surface area contributed by atoms with Crippen LogP contribution in [0.2, 0.25) is 0 Å². The molecule has 0 aromatic heterocycles. The van der Waals surface area contributed by atoms with Crippen molar-refractivity contribution in [1.29, 1.82) is 0 Å². The van der Waals surface area contributed by atoms with Crippen LogP contribution in [0.5, 0.6) is 0 Å². The van der Waals surface area contributed by atoms with Crippen molar-refractivity contribution >= 4 is 11.6 Å². The molecule has 0 atom stereocenters. The lowest BCUT2D eigenvalue weighted by Crippen LogP contribution is -2.09. The Morgan fingerprint density at radius 1 is 0.929 bits per heavy atom. The molecule has 0 spiro atoms. The number of Topliss-reactive ketones (excluding diaryl/α,β-unsaturated/α-hetero) is 2. The molecule has 0 N–H and O–H groups in total. The highest BCUT2D eigenvalue weighted by Crippen LogP contribution is 2.25. The first-order valence-electron chi connectivity index (χ1n) is 4.89. The van der Waals surface area contributed by atoms with E-state index in [-0.39, 0.29) is 11.6 Å². The molecular formula is C12H14O2. The standard InChI is InChI=1S/C10H8O2.C2H6/c1-6-9(11)7-4-2-3-5-8(7)10(6)12;1-2/h2-6H,1H3;1-2H3. The van der Waals surface area contributed by atoms with Crippen molar-refractivity contribution < 1.29 is 9.59 Å². The molecule has 1 aliphatic carbocycles. The summed E-state index contributed by atoms with van der Waals surface area (Å²) in [4.78, 5) is 22.8. The molecule has 1 aromatic carbocycles. The predicted octanol–water partition coefficient (Wildman–Crippen LogP) is 2.73. The van der Waals surface area contributed by atoms with Crippen LogP contribution in [0.15, 0.2) is 24.3 Å². The van der Waals surface area contributed by atoms with Crippen molar-refractivity contribution in [1.82, 2.24) is 0 Å². The minimum absolute atomic E-state index is 0.0457. The first-order valence-corrected chi connectivity index (χ1v) is 4.89. The number of ketones is 2. The molecule has 0 bridgehead atoms. The zero-order valence-electron chi connectivity index (χ0n) is 8.70. The lowest BCUT2D eigenvalue weighted by atomic mass is 10.1. The maximum absolute atomic E-state index is 11.4. The van der Waals surface area contributed by atoms with Gasteiger partial charge in [-0.3, -0.25) is 9.59 Å². The number of carbonyl (C=O) groups excluding carboxylic acids is 2. The molecule has 14 heavy (non-hydrogen) atoms. The molecule has 0 radical (unpaired) electrons. The van der Waals surface area contributed by atoms with Gasteiger partial charge < -0.3 is 0 Å². The maximum atomic E-state index is 11.4. The summed E-state index contributed by atoms with van der Waals surface area (Å²) < 4.78 is 0. The minimum Gasteiger partial charge on any atom is -0.293 e. The highest BCUT2D eigenvalue weighted by atomic mass is 16.2. The largest absolute Gasteiger partial charge is 0.293 e. The van der Waals surface area contributed by atoms with E-state index < -0.39 is 5.92 Å². The smallest absolute Gasteiger partial charge is 0.174 e. The number of benzene rings is 1. The SMILES string of the molecule is CC.CC1C(=O)c2ccccc2C1=O. The van der Waals surface area contributed by atoms with Gasteiger partial charge in [0.05, 0.1) is 5.92 Å². The third-order valence-electron chi connectivity index (χ3n) is 2.24. The monoisotopic (exact) mass is 190 g/mol. The lowest BCUT2D eigenvalue weighted by molar-refractivity contribution is 0.0852. The van der Waals surface area contributed by atoms with Gasteiger partial charge in [-0.2, -0.15) is 0 Å². The zero-order valence-corrected chi connectivity index (χ0v) is 8.70. The van der Waals surface area contributed by atoms with Crippen LogP contribution in [0.4, 0.5) is 0 Å². The number of rotatable bonds is 0. The second kappa shape index (κ2) is 4.18.